The zero-order valence-corrected chi connectivity index (χ0v) is 10.5. The van der Waals surface area contributed by atoms with E-state index in [1.54, 1.807) is 11.3 Å². The van der Waals surface area contributed by atoms with Gasteiger partial charge in [0, 0.05) is 23.9 Å². The largest absolute Gasteiger partial charge is 0.391 e. The van der Waals surface area contributed by atoms with Crippen LogP contribution < -0.4 is 0 Å². The number of hydrogen-bond acceptors (Lipinski definition) is 2. The van der Waals surface area contributed by atoms with Crippen molar-refractivity contribution >= 4 is 53.3 Å². The van der Waals surface area contributed by atoms with Gasteiger partial charge >= 0.3 is 0 Å². The maximum atomic E-state index is 8.98. The molecule has 0 atom stereocenters. The fourth-order valence-electron chi connectivity index (χ4n) is 1.20. The molecule has 1 N–H and O–H groups in total. The Balaban J connectivity index is 2.75. The fraction of sp³-hybridized carbons (Fsp3) is 0.111. The first-order valence-electron chi connectivity index (χ1n) is 3.69. The van der Waals surface area contributed by atoms with Crippen molar-refractivity contribution in [2.45, 2.75) is 6.61 Å². The summed E-state index contributed by atoms with van der Waals surface area (Å²) in [6.45, 7) is 0.114. The highest BCUT2D eigenvalue weighted by Crippen LogP contribution is 2.34. The third-order valence-electron chi connectivity index (χ3n) is 1.76. The molecule has 0 amide bonds. The Labute approximate surface area is 96.6 Å². The molecule has 0 spiro atoms. The molecule has 1 aromatic heterocycles. The Bertz CT molecular complexity index is 450. The molecule has 0 aliphatic rings. The summed E-state index contributed by atoms with van der Waals surface area (Å²) in [5, 5.41) is 10.1. The molecule has 0 bridgehead atoms. The molecule has 2 aromatic rings. The smallest absolute Gasteiger partial charge is 0.0774 e. The van der Waals surface area contributed by atoms with Gasteiger partial charge in [0.25, 0.3) is 0 Å². The number of aliphatic hydroxyl groups excluding tert-OH is 1. The molecule has 68 valence electrons. The first-order chi connectivity index (χ1) is 6.20. The normalized spacial score (nSPS) is 11.0. The van der Waals surface area contributed by atoms with Gasteiger partial charge < -0.3 is 5.11 Å². The van der Waals surface area contributed by atoms with Crippen LogP contribution in [0.3, 0.4) is 0 Å². The van der Waals surface area contributed by atoms with Gasteiger partial charge in [-0.05, 0) is 18.2 Å². The van der Waals surface area contributed by atoms with Crippen LogP contribution in [0.5, 0.6) is 0 Å². The number of fused-ring (bicyclic) bond motifs is 1. The second kappa shape index (κ2) is 3.69. The molecule has 0 saturated heterocycles. The third kappa shape index (κ3) is 1.81. The first-order valence-corrected chi connectivity index (χ1v) is 6.09. The average Bonchev–Trinajstić information content (AvgIpc) is 2.47. The molecular weight excluding hydrogens is 316 g/mol. The molecule has 4 heteroatoms. The van der Waals surface area contributed by atoms with Crippen LogP contribution in [0.1, 0.15) is 4.88 Å². The van der Waals surface area contributed by atoms with E-state index in [-0.39, 0.29) is 6.61 Å². The zero-order valence-electron chi connectivity index (χ0n) is 6.55. The van der Waals surface area contributed by atoms with E-state index in [1.165, 1.54) is 4.70 Å². The van der Waals surface area contributed by atoms with E-state index in [0.717, 1.165) is 19.2 Å². The molecule has 0 fully saturated rings. The summed E-state index contributed by atoms with van der Waals surface area (Å²) in [7, 11) is 0. The van der Waals surface area contributed by atoms with E-state index in [4.69, 9.17) is 5.11 Å². The number of aliphatic hydroxyl groups is 1. The van der Waals surface area contributed by atoms with E-state index in [2.05, 4.69) is 37.9 Å². The number of benzene rings is 1. The van der Waals surface area contributed by atoms with Gasteiger partial charge in [0.05, 0.1) is 6.61 Å². The minimum absolute atomic E-state index is 0.114. The minimum Gasteiger partial charge on any atom is -0.391 e. The molecule has 1 nitrogen and oxygen atoms in total. The highest BCUT2D eigenvalue weighted by molar-refractivity contribution is 9.11. The second-order valence-electron chi connectivity index (χ2n) is 2.67. The van der Waals surface area contributed by atoms with Crippen molar-refractivity contribution in [1.29, 1.82) is 0 Å². The third-order valence-corrected chi connectivity index (χ3v) is 3.94. The summed E-state index contributed by atoms with van der Waals surface area (Å²) in [6.07, 6.45) is 0. The monoisotopic (exact) mass is 320 g/mol. The Morgan fingerprint density at radius 3 is 2.69 bits per heavy atom. The number of hydrogen-bond donors (Lipinski definition) is 1. The van der Waals surface area contributed by atoms with Crippen molar-refractivity contribution in [2.24, 2.45) is 0 Å². The maximum Gasteiger partial charge on any atom is 0.0774 e. The van der Waals surface area contributed by atoms with Crippen LogP contribution in [-0.2, 0) is 6.61 Å². The lowest BCUT2D eigenvalue weighted by Crippen LogP contribution is -1.71. The van der Waals surface area contributed by atoms with Crippen LogP contribution in [0.15, 0.2) is 27.1 Å². The van der Waals surface area contributed by atoms with E-state index < -0.39 is 0 Å². The molecule has 0 saturated carbocycles. The first kappa shape index (κ1) is 9.65. The minimum atomic E-state index is 0.114. The summed E-state index contributed by atoms with van der Waals surface area (Å²) in [4.78, 5) is 0.994. The van der Waals surface area contributed by atoms with Crippen LogP contribution in [0.2, 0.25) is 0 Å². The second-order valence-corrected chi connectivity index (χ2v) is 5.61. The van der Waals surface area contributed by atoms with Crippen molar-refractivity contribution in [3.8, 4) is 0 Å². The molecule has 0 radical (unpaired) electrons. The predicted octanol–water partition coefficient (Wildman–Crippen LogP) is 3.92. The lowest BCUT2D eigenvalue weighted by atomic mass is 10.2. The summed E-state index contributed by atoms with van der Waals surface area (Å²) >= 11 is 8.53. The quantitative estimate of drug-likeness (QED) is 0.844. The maximum absolute atomic E-state index is 8.98. The van der Waals surface area contributed by atoms with E-state index in [0.29, 0.717) is 0 Å². The summed E-state index contributed by atoms with van der Waals surface area (Å²) in [6, 6.07) is 6.08. The highest BCUT2D eigenvalue weighted by atomic mass is 79.9. The van der Waals surface area contributed by atoms with E-state index >= 15 is 0 Å². The molecule has 13 heavy (non-hydrogen) atoms. The lowest BCUT2D eigenvalue weighted by molar-refractivity contribution is 0.285. The van der Waals surface area contributed by atoms with Crippen LogP contribution in [0.25, 0.3) is 10.1 Å². The average molecular weight is 322 g/mol. The molecule has 2 rings (SSSR count). The number of thiophene rings is 1. The van der Waals surface area contributed by atoms with Crippen LogP contribution >= 0.6 is 43.2 Å². The van der Waals surface area contributed by atoms with Gasteiger partial charge in [-0.3, -0.25) is 0 Å². The van der Waals surface area contributed by atoms with Gasteiger partial charge in [-0.2, -0.15) is 0 Å². The predicted molar refractivity (Wildman–Crippen MR) is 63.1 cm³/mol. The SMILES string of the molecule is OCc1cc2c(Br)cc(Br)cc2s1. The van der Waals surface area contributed by atoms with Gasteiger partial charge in [0.15, 0.2) is 0 Å². The Morgan fingerprint density at radius 1 is 1.23 bits per heavy atom. The van der Waals surface area contributed by atoms with Crippen molar-refractivity contribution in [3.63, 3.8) is 0 Å². The molecule has 1 aromatic carbocycles. The molecular formula is C9H6Br2OS. The van der Waals surface area contributed by atoms with Gasteiger partial charge in [-0.15, -0.1) is 11.3 Å². The van der Waals surface area contributed by atoms with Crippen LogP contribution in [0.4, 0.5) is 0 Å². The van der Waals surface area contributed by atoms with E-state index in [1.807, 2.05) is 12.1 Å². The number of rotatable bonds is 1. The highest BCUT2D eigenvalue weighted by Gasteiger charge is 2.05. The van der Waals surface area contributed by atoms with Gasteiger partial charge in [-0.1, -0.05) is 31.9 Å². The standard InChI is InChI=1S/C9H6Br2OS/c10-5-1-8(11)7-3-6(4-12)13-9(7)2-5/h1-3,12H,4H2. The zero-order chi connectivity index (χ0) is 9.42. The van der Waals surface area contributed by atoms with Crippen molar-refractivity contribution in [1.82, 2.24) is 0 Å². The summed E-state index contributed by atoms with van der Waals surface area (Å²) in [5.41, 5.74) is 0. The van der Waals surface area contributed by atoms with E-state index in [9.17, 15) is 0 Å². The molecule has 0 aliphatic heterocycles. The lowest BCUT2D eigenvalue weighted by Gasteiger charge is -1.94. The molecule has 0 aliphatic carbocycles. The van der Waals surface area contributed by atoms with Gasteiger partial charge in [-0.25, -0.2) is 0 Å². The molecule has 0 unspecified atom stereocenters. The topological polar surface area (TPSA) is 20.2 Å². The van der Waals surface area contributed by atoms with Crippen LogP contribution in [0, 0.1) is 0 Å². The Kier molecular flexibility index (Phi) is 2.74. The van der Waals surface area contributed by atoms with Gasteiger partial charge in [0.1, 0.15) is 0 Å². The Hall–Kier alpha value is 0.1000. The number of halogens is 2. The van der Waals surface area contributed by atoms with Crippen molar-refractivity contribution in [3.05, 3.63) is 32.0 Å². The molecule has 1 heterocycles. The summed E-state index contributed by atoms with van der Waals surface area (Å²) < 4.78 is 3.30. The summed E-state index contributed by atoms with van der Waals surface area (Å²) in [5.74, 6) is 0. The van der Waals surface area contributed by atoms with Crippen LogP contribution in [-0.4, -0.2) is 5.11 Å². The Morgan fingerprint density at radius 2 is 2.00 bits per heavy atom. The van der Waals surface area contributed by atoms with Crippen molar-refractivity contribution < 1.29 is 5.11 Å². The fourth-order valence-corrected chi connectivity index (χ4v) is 3.81. The van der Waals surface area contributed by atoms with Crippen molar-refractivity contribution in [2.75, 3.05) is 0 Å². The van der Waals surface area contributed by atoms with Gasteiger partial charge in [0.2, 0.25) is 0 Å².